The van der Waals surface area contributed by atoms with Crippen LogP contribution in [0, 0.1) is 0 Å². The fourth-order valence-corrected chi connectivity index (χ4v) is 3.11. The van der Waals surface area contributed by atoms with Gasteiger partial charge in [0, 0.05) is 0 Å². The highest BCUT2D eigenvalue weighted by atomic mass is 32.1. The summed E-state index contributed by atoms with van der Waals surface area (Å²) in [6.45, 7) is 4.37. The third-order valence-electron chi connectivity index (χ3n) is 3.28. The smallest absolute Gasteiger partial charge is 0.0933 e. The van der Waals surface area contributed by atoms with Gasteiger partial charge in [-0.3, -0.25) is 0 Å². The first-order valence-electron chi connectivity index (χ1n) is 7.61. The molecular weight excluding hydrogens is 276 g/mol. The van der Waals surface area contributed by atoms with Gasteiger partial charge in [0.15, 0.2) is 0 Å². The second-order valence-electron chi connectivity index (χ2n) is 4.99. The van der Waals surface area contributed by atoms with Crippen LogP contribution in [0.25, 0.3) is 0 Å². The molecule has 19 heavy (non-hydrogen) atoms. The Kier molecular flexibility index (Phi) is 14.0. The van der Waals surface area contributed by atoms with Gasteiger partial charge >= 0.3 is 0 Å². The van der Waals surface area contributed by atoms with Crippen molar-refractivity contribution in [3.05, 3.63) is 0 Å². The molecule has 0 amide bonds. The second-order valence-corrected chi connectivity index (χ2v) is 6.31. The van der Waals surface area contributed by atoms with Crippen LogP contribution in [0.3, 0.4) is 0 Å². The Morgan fingerprint density at radius 3 is 1.37 bits per heavy atom. The molecule has 0 unspecified atom stereocenters. The average molecular weight is 305 g/mol. The van der Waals surface area contributed by atoms with Gasteiger partial charge in [-0.05, 0) is 25.7 Å². The minimum atomic E-state index is 0.538. The quantitative estimate of drug-likeness (QED) is 0.402. The lowest BCUT2D eigenvalue weighted by atomic mass is 10.0. The number of hydrogen-bond donors (Lipinski definition) is 0. The molecule has 0 aromatic carbocycles. The molecule has 0 rings (SSSR count). The van der Waals surface area contributed by atoms with Crippen LogP contribution < -0.4 is 0 Å². The molecule has 0 aromatic rings. The van der Waals surface area contributed by atoms with E-state index in [-0.39, 0.29) is 0 Å². The zero-order valence-electron chi connectivity index (χ0n) is 12.4. The van der Waals surface area contributed by atoms with Gasteiger partial charge < -0.3 is 0 Å². The molecule has 0 aliphatic rings. The lowest BCUT2D eigenvalue weighted by Crippen LogP contribution is -2.14. The summed E-state index contributed by atoms with van der Waals surface area (Å²) in [5, 5.41) is 0. The molecule has 0 atom stereocenters. The Morgan fingerprint density at radius 2 is 1.00 bits per heavy atom. The van der Waals surface area contributed by atoms with Crippen molar-refractivity contribution >= 4 is 32.2 Å². The van der Waals surface area contributed by atoms with E-state index in [0.717, 1.165) is 41.8 Å². The van der Waals surface area contributed by atoms with Crippen molar-refractivity contribution in [2.75, 3.05) is 0 Å². The molecule has 0 bridgehead atoms. The fraction of sp³-hybridized carbons (Fsp3) is 0.867. The summed E-state index contributed by atoms with van der Waals surface area (Å²) in [5.74, 6) is 0. The van der Waals surface area contributed by atoms with Crippen molar-refractivity contribution in [3.8, 4) is 0 Å². The Morgan fingerprint density at radius 1 is 0.632 bits per heavy atom. The van der Waals surface area contributed by atoms with E-state index in [4.69, 9.17) is 0 Å². The van der Waals surface area contributed by atoms with Crippen LogP contribution in [-0.4, -0.2) is 18.1 Å². The van der Waals surface area contributed by atoms with Crippen molar-refractivity contribution < 1.29 is 8.42 Å². The fourth-order valence-electron chi connectivity index (χ4n) is 2.06. The van der Waals surface area contributed by atoms with Crippen molar-refractivity contribution in [1.29, 1.82) is 0 Å². The highest BCUT2D eigenvalue weighted by molar-refractivity contribution is 7.76. The maximum Gasteiger partial charge on any atom is 0.0933 e. The van der Waals surface area contributed by atoms with Crippen LogP contribution in [0.15, 0.2) is 0 Å². The van der Waals surface area contributed by atoms with Gasteiger partial charge in [0.05, 0.1) is 32.2 Å². The third kappa shape index (κ3) is 10.3. The molecule has 0 radical (unpaired) electrons. The molecule has 2 nitrogen and oxygen atoms in total. The van der Waals surface area contributed by atoms with E-state index in [0.29, 0.717) is 22.5 Å². The van der Waals surface area contributed by atoms with Gasteiger partial charge in [0.25, 0.3) is 0 Å². The number of rotatable bonds is 12. The predicted molar refractivity (Wildman–Crippen MR) is 88.4 cm³/mol. The van der Waals surface area contributed by atoms with E-state index < -0.39 is 0 Å². The van der Waals surface area contributed by atoms with Gasteiger partial charge in [-0.1, -0.05) is 58.8 Å². The second kappa shape index (κ2) is 14.2. The molecule has 0 heterocycles. The SMILES string of the molecule is CCCCCCCC(=S=O)C(CCCCCC)=S=O. The first-order chi connectivity index (χ1) is 9.29. The molecule has 0 saturated carbocycles. The molecule has 112 valence electrons. The molecule has 0 aromatic heterocycles. The average Bonchev–Trinajstić information content (AvgIpc) is 2.44. The van der Waals surface area contributed by atoms with Crippen LogP contribution in [0.4, 0.5) is 0 Å². The monoisotopic (exact) mass is 304 g/mol. The zero-order chi connectivity index (χ0) is 14.3. The minimum Gasteiger partial charge on any atom is -0.212 e. The zero-order valence-corrected chi connectivity index (χ0v) is 14.0. The topological polar surface area (TPSA) is 34.1 Å². The van der Waals surface area contributed by atoms with Crippen molar-refractivity contribution in [1.82, 2.24) is 0 Å². The van der Waals surface area contributed by atoms with Crippen LogP contribution in [0.5, 0.6) is 0 Å². The molecular formula is C15H28O2S2. The van der Waals surface area contributed by atoms with Crippen LogP contribution >= 0.6 is 0 Å². The van der Waals surface area contributed by atoms with Crippen LogP contribution in [0.2, 0.25) is 0 Å². The summed E-state index contributed by atoms with van der Waals surface area (Å²) in [7, 11) is 0. The first-order valence-corrected chi connectivity index (χ1v) is 9.10. The first kappa shape index (κ1) is 18.8. The maximum atomic E-state index is 11.1. The van der Waals surface area contributed by atoms with Crippen molar-refractivity contribution in [3.63, 3.8) is 0 Å². The Hall–Kier alpha value is -0.220. The van der Waals surface area contributed by atoms with E-state index in [1.54, 1.807) is 0 Å². The van der Waals surface area contributed by atoms with E-state index in [2.05, 4.69) is 13.8 Å². The number of unbranched alkanes of at least 4 members (excludes halogenated alkanes) is 7. The van der Waals surface area contributed by atoms with E-state index in [1.165, 1.54) is 38.5 Å². The lowest BCUT2D eigenvalue weighted by molar-refractivity contribution is 0.644. The summed E-state index contributed by atoms with van der Waals surface area (Å²) in [6.07, 6.45) is 12.2. The standard InChI is InChI=1S/C15H28O2S2/c1-3-5-7-9-11-13-15(19-17)14(18-16)12-10-8-6-4-2/h3-13H2,1-2H3. The van der Waals surface area contributed by atoms with Crippen molar-refractivity contribution in [2.45, 2.75) is 84.5 Å². The number of hydrogen-bond acceptors (Lipinski definition) is 2. The van der Waals surface area contributed by atoms with Gasteiger partial charge in [-0.2, -0.15) is 0 Å². The summed E-state index contributed by atoms with van der Waals surface area (Å²) in [4.78, 5) is 1.60. The summed E-state index contributed by atoms with van der Waals surface area (Å²) in [6, 6.07) is 0. The Balaban J connectivity index is 4.03. The molecule has 0 aliphatic heterocycles. The molecule has 0 aliphatic carbocycles. The largest absolute Gasteiger partial charge is 0.212 e. The van der Waals surface area contributed by atoms with E-state index in [9.17, 15) is 8.42 Å². The van der Waals surface area contributed by atoms with Gasteiger partial charge in [-0.25, -0.2) is 8.42 Å². The van der Waals surface area contributed by atoms with E-state index in [1.807, 2.05) is 0 Å². The summed E-state index contributed by atoms with van der Waals surface area (Å²) >= 11 is 1.08. The van der Waals surface area contributed by atoms with E-state index >= 15 is 0 Å². The summed E-state index contributed by atoms with van der Waals surface area (Å²) < 4.78 is 22.3. The summed E-state index contributed by atoms with van der Waals surface area (Å²) in [5.41, 5.74) is 0. The third-order valence-corrected chi connectivity index (χ3v) is 4.71. The highest BCUT2D eigenvalue weighted by Crippen LogP contribution is 2.09. The minimum absolute atomic E-state index is 0.538. The Bertz CT molecular complexity index is 327. The predicted octanol–water partition coefficient (Wildman–Crippen LogP) is 4.09. The molecule has 0 spiro atoms. The lowest BCUT2D eigenvalue weighted by Gasteiger charge is -2.05. The Labute approximate surface area is 125 Å². The maximum absolute atomic E-state index is 11.1. The normalized spacial score (nSPS) is 10.2. The van der Waals surface area contributed by atoms with Crippen molar-refractivity contribution in [2.24, 2.45) is 0 Å². The van der Waals surface area contributed by atoms with Gasteiger partial charge in [0.1, 0.15) is 0 Å². The van der Waals surface area contributed by atoms with Crippen LogP contribution in [0.1, 0.15) is 84.5 Å². The molecule has 0 N–H and O–H groups in total. The highest BCUT2D eigenvalue weighted by Gasteiger charge is 2.08. The molecule has 0 saturated heterocycles. The van der Waals surface area contributed by atoms with Gasteiger partial charge in [0.2, 0.25) is 0 Å². The molecule has 4 heteroatoms. The molecule has 0 fully saturated rings. The van der Waals surface area contributed by atoms with Crippen LogP contribution in [-0.2, 0) is 22.5 Å². The van der Waals surface area contributed by atoms with Gasteiger partial charge in [-0.15, -0.1) is 0 Å².